The van der Waals surface area contributed by atoms with Gasteiger partial charge >= 0.3 is 12.1 Å². The van der Waals surface area contributed by atoms with E-state index in [4.69, 9.17) is 4.74 Å². The van der Waals surface area contributed by atoms with Crippen molar-refractivity contribution in [3.8, 4) is 5.75 Å². The van der Waals surface area contributed by atoms with Crippen LogP contribution in [0.15, 0.2) is 54.9 Å². The van der Waals surface area contributed by atoms with Crippen molar-refractivity contribution in [3.63, 3.8) is 0 Å². The lowest BCUT2D eigenvalue weighted by Gasteiger charge is -2.00. The highest BCUT2D eigenvalue weighted by molar-refractivity contribution is 5.88. The van der Waals surface area contributed by atoms with Crippen LogP contribution in [0, 0.1) is 0 Å². The Hall–Kier alpha value is -2.40. The number of carbonyl (C=O) groups excluding carboxylic acids is 2. The first kappa shape index (κ1) is 15.7. The Morgan fingerprint density at radius 1 is 1.05 bits per heavy atom. The molecule has 1 heterocycles. The zero-order valence-corrected chi connectivity index (χ0v) is 11.4. The molecule has 0 aliphatic rings. The van der Waals surface area contributed by atoms with E-state index in [1.807, 2.05) is 6.07 Å². The third kappa shape index (κ3) is 3.80. The molecule has 0 aliphatic heterocycles. The number of pyridine rings is 1. The first-order chi connectivity index (χ1) is 9.20. The van der Waals surface area contributed by atoms with Crippen LogP contribution in [0.25, 0.3) is 0 Å². The molecule has 6 heteroatoms. The summed E-state index contributed by atoms with van der Waals surface area (Å²) >= 11 is 0. The van der Waals surface area contributed by atoms with Crippen molar-refractivity contribution in [3.05, 3.63) is 60.4 Å². The van der Waals surface area contributed by atoms with E-state index < -0.39 is 12.1 Å². The number of halogens is 1. The lowest BCUT2D eigenvalue weighted by Crippen LogP contribution is -3.00. The highest BCUT2D eigenvalue weighted by Gasteiger charge is 2.20. The average Bonchev–Trinajstić information content (AvgIpc) is 2.47. The fourth-order valence-corrected chi connectivity index (χ4v) is 1.47. The van der Waals surface area contributed by atoms with Crippen LogP contribution in [0.4, 0.5) is 4.79 Å². The summed E-state index contributed by atoms with van der Waals surface area (Å²) in [5.74, 6) is -0.0784. The molecule has 2 rings (SSSR count). The monoisotopic (exact) mass is 293 g/mol. The summed E-state index contributed by atoms with van der Waals surface area (Å²) in [6.07, 6.45) is 2.26. The molecule has 0 saturated carbocycles. The van der Waals surface area contributed by atoms with Crippen molar-refractivity contribution in [2.45, 2.75) is 0 Å². The van der Waals surface area contributed by atoms with E-state index in [1.54, 1.807) is 36.4 Å². The van der Waals surface area contributed by atoms with E-state index in [1.165, 1.54) is 24.1 Å². The Morgan fingerprint density at radius 3 is 2.40 bits per heavy atom. The van der Waals surface area contributed by atoms with Gasteiger partial charge in [0.25, 0.3) is 0 Å². The lowest BCUT2D eigenvalue weighted by atomic mass is 10.3. The number of hydrogen-bond donors (Lipinski definition) is 0. The number of rotatable bonds is 2. The lowest BCUT2D eigenvalue weighted by molar-refractivity contribution is -0.582. The van der Waals surface area contributed by atoms with Crippen LogP contribution in [-0.2, 0) is 4.74 Å². The first-order valence-electron chi connectivity index (χ1n) is 5.57. The summed E-state index contributed by atoms with van der Waals surface area (Å²) < 4.78 is 10.9. The van der Waals surface area contributed by atoms with E-state index in [-0.39, 0.29) is 18.0 Å². The molecule has 0 fully saturated rings. The minimum Gasteiger partial charge on any atom is -1.00 e. The maximum Gasteiger partial charge on any atom is 0.607 e. The topological polar surface area (TPSA) is 56.5 Å². The van der Waals surface area contributed by atoms with E-state index in [2.05, 4.69) is 4.74 Å². The van der Waals surface area contributed by atoms with Gasteiger partial charge in [0.1, 0.15) is 11.3 Å². The molecule has 5 nitrogen and oxygen atoms in total. The SMILES string of the molecule is COC(=O)c1ccc[n+](C(=O)Oc2ccccc2)c1.[Cl-]. The second-order valence-corrected chi connectivity index (χ2v) is 3.67. The number of esters is 1. The van der Waals surface area contributed by atoms with Crippen LogP contribution in [0.1, 0.15) is 10.4 Å². The number of carbonyl (C=O) groups is 2. The van der Waals surface area contributed by atoms with Crippen LogP contribution in [0.2, 0.25) is 0 Å². The Bertz CT molecular complexity index is 601. The standard InChI is InChI=1S/C14H12NO4.ClH/c1-18-13(16)11-6-5-9-15(10-11)14(17)19-12-7-3-2-4-8-12;/h2-10H,1H3;1H/q+1;/p-1. The molecular weight excluding hydrogens is 282 g/mol. The summed E-state index contributed by atoms with van der Waals surface area (Å²) in [6.45, 7) is 0. The van der Waals surface area contributed by atoms with Crippen molar-refractivity contribution < 1.29 is 36.0 Å². The van der Waals surface area contributed by atoms with Gasteiger partial charge in [-0.3, -0.25) is 0 Å². The molecule has 1 aromatic heterocycles. The number of ether oxygens (including phenoxy) is 2. The van der Waals surface area contributed by atoms with Gasteiger partial charge < -0.3 is 21.9 Å². The molecule has 0 saturated heterocycles. The number of aromatic nitrogens is 1. The van der Waals surface area contributed by atoms with Gasteiger partial charge in [-0.25, -0.2) is 4.79 Å². The maximum absolute atomic E-state index is 11.9. The summed E-state index contributed by atoms with van der Waals surface area (Å²) in [7, 11) is 1.28. The zero-order valence-electron chi connectivity index (χ0n) is 10.7. The molecule has 2 aromatic rings. The van der Waals surface area contributed by atoms with Crippen LogP contribution in [-0.4, -0.2) is 19.2 Å². The van der Waals surface area contributed by atoms with Crippen molar-refractivity contribution >= 4 is 12.1 Å². The third-order valence-corrected chi connectivity index (χ3v) is 2.38. The second kappa shape index (κ2) is 7.25. The van der Waals surface area contributed by atoms with Crippen molar-refractivity contribution in [2.24, 2.45) is 0 Å². The molecule has 0 spiro atoms. The van der Waals surface area contributed by atoms with Gasteiger partial charge in [0.05, 0.1) is 7.11 Å². The maximum atomic E-state index is 11.9. The largest absolute Gasteiger partial charge is 1.00 e. The molecule has 0 atom stereocenters. The minimum absolute atomic E-state index is 0. The van der Waals surface area contributed by atoms with E-state index in [0.717, 1.165) is 0 Å². The molecule has 0 radical (unpaired) electrons. The van der Waals surface area contributed by atoms with Crippen molar-refractivity contribution in [1.29, 1.82) is 0 Å². The number of nitrogens with zero attached hydrogens (tertiary/aromatic N) is 1. The summed E-state index contributed by atoms with van der Waals surface area (Å²) in [4.78, 5) is 23.2. The third-order valence-electron chi connectivity index (χ3n) is 2.38. The average molecular weight is 294 g/mol. The quantitative estimate of drug-likeness (QED) is 0.516. The smallest absolute Gasteiger partial charge is 0.607 e. The van der Waals surface area contributed by atoms with Crippen LogP contribution >= 0.6 is 0 Å². The van der Waals surface area contributed by atoms with E-state index in [9.17, 15) is 9.59 Å². The van der Waals surface area contributed by atoms with Gasteiger partial charge in [0.15, 0.2) is 12.4 Å². The highest BCUT2D eigenvalue weighted by atomic mass is 35.5. The summed E-state index contributed by atoms with van der Waals surface area (Å²) in [5, 5.41) is 0. The fraction of sp³-hybridized carbons (Fsp3) is 0.0714. The number of benzene rings is 1. The van der Waals surface area contributed by atoms with E-state index in [0.29, 0.717) is 5.75 Å². The van der Waals surface area contributed by atoms with Gasteiger partial charge in [0.2, 0.25) is 0 Å². The normalized spacial score (nSPS) is 9.25. The van der Waals surface area contributed by atoms with Gasteiger partial charge in [-0.15, -0.1) is 0 Å². The molecule has 0 N–H and O–H groups in total. The van der Waals surface area contributed by atoms with Crippen LogP contribution in [0.3, 0.4) is 0 Å². The fourth-order valence-electron chi connectivity index (χ4n) is 1.47. The van der Waals surface area contributed by atoms with E-state index >= 15 is 0 Å². The Morgan fingerprint density at radius 2 is 1.75 bits per heavy atom. The predicted octanol–water partition coefficient (Wildman–Crippen LogP) is -1.19. The van der Waals surface area contributed by atoms with Gasteiger partial charge in [-0.05, 0) is 18.2 Å². The van der Waals surface area contributed by atoms with Crippen molar-refractivity contribution in [1.82, 2.24) is 0 Å². The van der Waals surface area contributed by atoms with Gasteiger partial charge in [-0.2, -0.15) is 4.79 Å². The van der Waals surface area contributed by atoms with Crippen LogP contribution < -0.4 is 21.7 Å². The number of hydrogen-bond acceptors (Lipinski definition) is 4. The summed E-state index contributed by atoms with van der Waals surface area (Å²) in [5.41, 5.74) is 0.273. The predicted molar refractivity (Wildman–Crippen MR) is 65.8 cm³/mol. The van der Waals surface area contributed by atoms with Gasteiger partial charge in [0, 0.05) is 6.07 Å². The minimum atomic E-state index is -0.600. The molecule has 0 aliphatic carbocycles. The Balaban J connectivity index is 0.00000200. The summed E-state index contributed by atoms with van der Waals surface area (Å²) in [6, 6.07) is 11.8. The van der Waals surface area contributed by atoms with Crippen molar-refractivity contribution in [2.75, 3.05) is 7.11 Å². The number of para-hydroxylation sites is 1. The van der Waals surface area contributed by atoms with Gasteiger partial charge in [-0.1, -0.05) is 22.8 Å². The highest BCUT2D eigenvalue weighted by Crippen LogP contribution is 2.08. The molecule has 0 amide bonds. The first-order valence-corrected chi connectivity index (χ1v) is 5.57. The molecular formula is C14H12ClNO4. The Kier molecular flexibility index (Phi) is 5.68. The molecule has 104 valence electrons. The molecule has 1 aromatic carbocycles. The molecule has 20 heavy (non-hydrogen) atoms. The zero-order chi connectivity index (χ0) is 13.7. The Labute approximate surface area is 122 Å². The number of methoxy groups -OCH3 is 1. The molecule has 0 bridgehead atoms. The molecule has 0 unspecified atom stereocenters. The second-order valence-electron chi connectivity index (χ2n) is 3.67. The van der Waals surface area contributed by atoms with Crippen LogP contribution in [0.5, 0.6) is 5.75 Å².